The molecular weight excluding hydrogens is 354 g/mol. The smallest absolute Gasteiger partial charge is 0.194 e. The summed E-state index contributed by atoms with van der Waals surface area (Å²) in [5.74, 6) is 2.89. The van der Waals surface area contributed by atoms with Crippen molar-refractivity contribution in [1.82, 2.24) is 25.0 Å². The lowest BCUT2D eigenvalue weighted by atomic mass is 10.2. The number of anilines is 1. The van der Waals surface area contributed by atoms with Crippen molar-refractivity contribution in [3.8, 4) is 5.75 Å². The fourth-order valence-electron chi connectivity index (χ4n) is 3.41. The molecule has 0 saturated carbocycles. The average molecular weight is 386 g/mol. The third-order valence-electron chi connectivity index (χ3n) is 4.95. The van der Waals surface area contributed by atoms with E-state index in [0.29, 0.717) is 6.54 Å². The van der Waals surface area contributed by atoms with Gasteiger partial charge in [-0.2, -0.15) is 0 Å². The normalized spacial score (nSPS) is 15.0. The number of hydrogen-bond donors (Lipinski definition) is 1. The van der Waals surface area contributed by atoms with Crippen molar-refractivity contribution in [3.63, 3.8) is 0 Å². The fourth-order valence-corrected chi connectivity index (χ4v) is 3.41. The maximum absolute atomic E-state index is 5.35. The number of guanidine groups is 1. The molecule has 1 aliphatic heterocycles. The van der Waals surface area contributed by atoms with E-state index in [1.165, 1.54) is 5.69 Å². The number of nitrogens with zero attached hydrogens (tertiary/aromatic N) is 6. The van der Waals surface area contributed by atoms with Gasteiger partial charge in [0.25, 0.3) is 0 Å². The monoisotopic (exact) mass is 385 g/mol. The summed E-state index contributed by atoms with van der Waals surface area (Å²) in [6.45, 7) is 10.4. The second-order valence-electron chi connectivity index (χ2n) is 6.71. The Labute approximate surface area is 167 Å². The van der Waals surface area contributed by atoms with Crippen molar-refractivity contribution >= 4 is 11.6 Å². The molecule has 28 heavy (non-hydrogen) atoms. The van der Waals surface area contributed by atoms with Crippen LogP contribution in [0.5, 0.6) is 5.75 Å². The Bertz CT molecular complexity index is 765. The van der Waals surface area contributed by atoms with Crippen molar-refractivity contribution in [2.75, 3.05) is 51.3 Å². The van der Waals surface area contributed by atoms with Crippen LogP contribution in [0.1, 0.15) is 19.7 Å². The van der Waals surface area contributed by atoms with E-state index >= 15 is 0 Å². The molecule has 1 fully saturated rings. The lowest BCUT2D eigenvalue weighted by Gasteiger charge is -2.37. The average Bonchev–Trinajstić information content (AvgIpc) is 3.21. The number of piperazine rings is 1. The molecule has 2 aromatic rings. The van der Waals surface area contributed by atoms with Crippen LogP contribution >= 0.6 is 0 Å². The number of rotatable bonds is 7. The van der Waals surface area contributed by atoms with Gasteiger partial charge in [-0.25, -0.2) is 0 Å². The Morgan fingerprint density at radius 3 is 2.75 bits per heavy atom. The third-order valence-corrected chi connectivity index (χ3v) is 4.95. The number of aryl methyl sites for hydroxylation is 1. The molecule has 1 aromatic carbocycles. The quantitative estimate of drug-likeness (QED) is 0.577. The standard InChI is InChI=1S/C20H31N7O/c1-4-19-24-23-16-27(19)10-9-22-20(21-5-2)26-13-11-25(12-14-26)17-7-6-8-18(15-17)28-3/h6-8,15-16H,4-5,9-14H2,1-3H3,(H,21,22). The molecular formula is C20H31N7O. The molecule has 0 bridgehead atoms. The molecule has 1 saturated heterocycles. The molecule has 1 aromatic heterocycles. The molecule has 0 radical (unpaired) electrons. The molecule has 0 aliphatic carbocycles. The summed E-state index contributed by atoms with van der Waals surface area (Å²) in [6.07, 6.45) is 2.67. The molecule has 8 heteroatoms. The predicted octanol–water partition coefficient (Wildman–Crippen LogP) is 1.64. The first-order valence-corrected chi connectivity index (χ1v) is 10.0. The summed E-state index contributed by atoms with van der Waals surface area (Å²) in [5, 5.41) is 11.6. The SMILES string of the molecule is CCNC(=NCCn1cnnc1CC)N1CCN(c2cccc(OC)c2)CC1. The van der Waals surface area contributed by atoms with Gasteiger partial charge < -0.3 is 24.4 Å². The van der Waals surface area contributed by atoms with E-state index in [9.17, 15) is 0 Å². The van der Waals surface area contributed by atoms with Gasteiger partial charge in [-0.1, -0.05) is 13.0 Å². The number of aromatic nitrogens is 3. The molecule has 2 heterocycles. The Hall–Kier alpha value is -2.77. The van der Waals surface area contributed by atoms with Crippen molar-refractivity contribution in [2.45, 2.75) is 26.8 Å². The minimum Gasteiger partial charge on any atom is -0.497 e. The lowest BCUT2D eigenvalue weighted by Crippen LogP contribution is -2.52. The van der Waals surface area contributed by atoms with Crippen LogP contribution in [0.25, 0.3) is 0 Å². The first-order chi connectivity index (χ1) is 13.7. The van der Waals surface area contributed by atoms with E-state index in [4.69, 9.17) is 9.73 Å². The van der Waals surface area contributed by atoms with E-state index in [2.05, 4.69) is 55.9 Å². The van der Waals surface area contributed by atoms with Crippen LogP contribution in [0.15, 0.2) is 35.6 Å². The van der Waals surface area contributed by atoms with Gasteiger partial charge in [0.2, 0.25) is 0 Å². The summed E-state index contributed by atoms with van der Waals surface area (Å²) >= 11 is 0. The second kappa shape index (κ2) is 9.96. The molecule has 0 amide bonds. The Kier molecular flexibility index (Phi) is 7.11. The zero-order valence-electron chi connectivity index (χ0n) is 17.1. The van der Waals surface area contributed by atoms with E-state index in [1.54, 1.807) is 13.4 Å². The third kappa shape index (κ3) is 4.94. The van der Waals surface area contributed by atoms with Crippen molar-refractivity contribution in [2.24, 2.45) is 4.99 Å². The van der Waals surface area contributed by atoms with Gasteiger partial charge in [0.05, 0.1) is 13.7 Å². The van der Waals surface area contributed by atoms with Crippen molar-refractivity contribution in [1.29, 1.82) is 0 Å². The molecule has 3 rings (SSSR count). The Balaban J connectivity index is 1.57. The van der Waals surface area contributed by atoms with E-state index in [1.807, 2.05) is 12.1 Å². The summed E-state index contributed by atoms with van der Waals surface area (Å²) in [4.78, 5) is 9.57. The number of benzene rings is 1. The fraction of sp³-hybridized carbons (Fsp3) is 0.550. The van der Waals surface area contributed by atoms with Gasteiger partial charge >= 0.3 is 0 Å². The molecule has 1 N–H and O–H groups in total. The largest absolute Gasteiger partial charge is 0.497 e. The van der Waals surface area contributed by atoms with Gasteiger partial charge in [-0.15, -0.1) is 10.2 Å². The Morgan fingerprint density at radius 2 is 2.04 bits per heavy atom. The molecule has 0 unspecified atom stereocenters. The zero-order valence-corrected chi connectivity index (χ0v) is 17.1. The number of nitrogens with one attached hydrogen (secondary N) is 1. The van der Waals surface area contributed by atoms with Crippen LogP contribution in [0.3, 0.4) is 0 Å². The number of ether oxygens (including phenoxy) is 1. The topological polar surface area (TPSA) is 70.8 Å². The zero-order chi connectivity index (χ0) is 19.8. The molecule has 8 nitrogen and oxygen atoms in total. The van der Waals surface area contributed by atoms with Gasteiger partial charge in [0.15, 0.2) is 5.96 Å². The maximum Gasteiger partial charge on any atom is 0.194 e. The van der Waals surface area contributed by atoms with Crippen molar-refractivity contribution < 1.29 is 4.74 Å². The predicted molar refractivity (Wildman–Crippen MR) is 112 cm³/mol. The Morgan fingerprint density at radius 1 is 1.21 bits per heavy atom. The molecule has 0 atom stereocenters. The van der Waals surface area contributed by atoms with Crippen LogP contribution in [-0.4, -0.2) is 72.0 Å². The van der Waals surface area contributed by atoms with Gasteiger partial charge in [0.1, 0.15) is 17.9 Å². The first-order valence-electron chi connectivity index (χ1n) is 10.0. The summed E-state index contributed by atoms with van der Waals surface area (Å²) in [5.41, 5.74) is 1.21. The maximum atomic E-state index is 5.35. The van der Waals surface area contributed by atoms with Gasteiger partial charge in [-0.05, 0) is 19.1 Å². The van der Waals surface area contributed by atoms with Crippen LogP contribution < -0.4 is 15.0 Å². The van der Waals surface area contributed by atoms with Crippen LogP contribution in [-0.2, 0) is 13.0 Å². The highest BCUT2D eigenvalue weighted by atomic mass is 16.5. The minimum absolute atomic E-state index is 0.712. The van der Waals surface area contributed by atoms with E-state index in [-0.39, 0.29) is 0 Å². The number of aliphatic imine (C=N–C) groups is 1. The van der Waals surface area contributed by atoms with Crippen LogP contribution in [0, 0.1) is 0 Å². The second-order valence-corrected chi connectivity index (χ2v) is 6.71. The number of hydrogen-bond acceptors (Lipinski definition) is 5. The molecule has 152 valence electrons. The van der Waals surface area contributed by atoms with Gasteiger partial charge in [0, 0.05) is 57.4 Å². The summed E-state index contributed by atoms with van der Waals surface area (Å²) in [7, 11) is 1.71. The highest BCUT2D eigenvalue weighted by molar-refractivity contribution is 5.80. The van der Waals surface area contributed by atoms with Gasteiger partial charge in [-0.3, -0.25) is 4.99 Å². The molecule has 1 aliphatic rings. The first kappa shape index (κ1) is 20.0. The summed E-state index contributed by atoms with van der Waals surface area (Å²) < 4.78 is 7.43. The highest BCUT2D eigenvalue weighted by Crippen LogP contribution is 2.22. The highest BCUT2D eigenvalue weighted by Gasteiger charge is 2.20. The lowest BCUT2D eigenvalue weighted by molar-refractivity contribution is 0.371. The van der Waals surface area contributed by atoms with E-state index < -0.39 is 0 Å². The number of methoxy groups -OCH3 is 1. The summed E-state index contributed by atoms with van der Waals surface area (Å²) in [6, 6.07) is 8.26. The molecule has 0 spiro atoms. The van der Waals surface area contributed by atoms with E-state index in [0.717, 1.165) is 63.2 Å². The van der Waals surface area contributed by atoms with Crippen molar-refractivity contribution in [3.05, 3.63) is 36.4 Å². The van der Waals surface area contributed by atoms with Crippen LogP contribution in [0.2, 0.25) is 0 Å². The minimum atomic E-state index is 0.712. The van der Waals surface area contributed by atoms with Crippen LogP contribution in [0.4, 0.5) is 5.69 Å².